The van der Waals surface area contributed by atoms with Crippen molar-refractivity contribution in [2.24, 2.45) is 0 Å². The van der Waals surface area contributed by atoms with Crippen LogP contribution in [0.5, 0.6) is 0 Å². The molecule has 1 aliphatic rings. The van der Waals surface area contributed by atoms with E-state index in [1.165, 1.54) is 18.2 Å². The first-order valence-electron chi connectivity index (χ1n) is 7.70. The van der Waals surface area contributed by atoms with Gasteiger partial charge >= 0.3 is 0 Å². The van der Waals surface area contributed by atoms with Gasteiger partial charge in [0, 0.05) is 18.2 Å². The van der Waals surface area contributed by atoms with E-state index in [0.717, 1.165) is 18.4 Å². The van der Waals surface area contributed by atoms with Crippen molar-refractivity contribution >= 4 is 39.1 Å². The lowest BCUT2D eigenvalue weighted by atomic mass is 10.1. The summed E-state index contributed by atoms with van der Waals surface area (Å²) in [7, 11) is -3.70. The number of sulfonamides is 1. The molecule has 3 rings (SSSR count). The second-order valence-electron chi connectivity index (χ2n) is 5.85. The average molecular weight is 399 g/mol. The van der Waals surface area contributed by atoms with Crippen molar-refractivity contribution in [2.75, 3.05) is 0 Å². The molecule has 2 aromatic rings. The molecule has 0 radical (unpaired) electrons. The summed E-state index contributed by atoms with van der Waals surface area (Å²) >= 11 is 11.7. The molecule has 5 nitrogen and oxygen atoms in total. The molecule has 0 heterocycles. The standard InChI is InChI=1S/C17H16Cl2N2O3S/c18-15-8-7-14(9-16(15)19)25(23,24)20-10-11-1-3-12(4-2-11)17(22)21-13-5-6-13/h1-4,7-9,13,20H,5-6,10H2,(H,21,22). The number of carbonyl (C=O) groups is 1. The van der Waals surface area contributed by atoms with E-state index in [1.54, 1.807) is 24.3 Å². The van der Waals surface area contributed by atoms with Crippen LogP contribution in [0.3, 0.4) is 0 Å². The van der Waals surface area contributed by atoms with Gasteiger partial charge in [0.1, 0.15) is 0 Å². The number of hydrogen-bond acceptors (Lipinski definition) is 3. The lowest BCUT2D eigenvalue weighted by molar-refractivity contribution is 0.0951. The van der Waals surface area contributed by atoms with Gasteiger partial charge in [-0.15, -0.1) is 0 Å². The van der Waals surface area contributed by atoms with Gasteiger partial charge < -0.3 is 5.32 Å². The normalized spacial score (nSPS) is 14.3. The lowest BCUT2D eigenvalue weighted by Gasteiger charge is -2.09. The van der Waals surface area contributed by atoms with Crippen LogP contribution in [-0.4, -0.2) is 20.4 Å². The number of carbonyl (C=O) groups excluding carboxylic acids is 1. The molecule has 0 aromatic heterocycles. The number of benzene rings is 2. The Balaban J connectivity index is 1.63. The zero-order chi connectivity index (χ0) is 18.0. The molecular weight excluding hydrogens is 383 g/mol. The van der Waals surface area contributed by atoms with Gasteiger partial charge in [-0.1, -0.05) is 35.3 Å². The van der Waals surface area contributed by atoms with Crippen molar-refractivity contribution in [3.63, 3.8) is 0 Å². The highest BCUT2D eigenvalue weighted by atomic mass is 35.5. The maximum absolute atomic E-state index is 12.3. The van der Waals surface area contributed by atoms with Gasteiger partial charge in [-0.05, 0) is 48.7 Å². The largest absolute Gasteiger partial charge is 0.349 e. The molecule has 1 amide bonds. The Morgan fingerprint density at radius 2 is 1.72 bits per heavy atom. The zero-order valence-electron chi connectivity index (χ0n) is 13.1. The fourth-order valence-corrected chi connectivity index (χ4v) is 3.58. The van der Waals surface area contributed by atoms with Crippen LogP contribution in [-0.2, 0) is 16.6 Å². The molecule has 0 aliphatic heterocycles. The van der Waals surface area contributed by atoms with Gasteiger partial charge in [-0.25, -0.2) is 13.1 Å². The Morgan fingerprint density at radius 1 is 1.04 bits per heavy atom. The summed E-state index contributed by atoms with van der Waals surface area (Å²) in [5.41, 5.74) is 1.30. The first kappa shape index (κ1) is 18.2. The molecule has 0 unspecified atom stereocenters. The number of amides is 1. The van der Waals surface area contributed by atoms with Crippen LogP contribution in [0, 0.1) is 0 Å². The van der Waals surface area contributed by atoms with Crippen molar-refractivity contribution < 1.29 is 13.2 Å². The maximum Gasteiger partial charge on any atom is 0.251 e. The van der Waals surface area contributed by atoms with E-state index in [9.17, 15) is 13.2 Å². The van der Waals surface area contributed by atoms with Crippen molar-refractivity contribution in [3.05, 3.63) is 63.6 Å². The molecule has 0 atom stereocenters. The predicted octanol–water partition coefficient (Wildman–Crippen LogP) is 3.36. The lowest BCUT2D eigenvalue weighted by Crippen LogP contribution is -2.25. The highest BCUT2D eigenvalue weighted by Gasteiger charge is 2.23. The van der Waals surface area contributed by atoms with Crippen molar-refractivity contribution in [2.45, 2.75) is 30.3 Å². The van der Waals surface area contributed by atoms with Crippen LogP contribution < -0.4 is 10.0 Å². The summed E-state index contributed by atoms with van der Waals surface area (Å²) in [5.74, 6) is -0.106. The molecule has 132 valence electrons. The summed E-state index contributed by atoms with van der Waals surface area (Å²) in [6.07, 6.45) is 2.06. The summed E-state index contributed by atoms with van der Waals surface area (Å²) in [6.45, 7) is 0.104. The molecule has 1 saturated carbocycles. The SMILES string of the molecule is O=C(NC1CC1)c1ccc(CNS(=O)(=O)c2ccc(Cl)c(Cl)c2)cc1. The van der Waals surface area contributed by atoms with Crippen molar-refractivity contribution in [1.82, 2.24) is 10.0 Å². The molecule has 0 saturated heterocycles. The zero-order valence-corrected chi connectivity index (χ0v) is 15.5. The van der Waals surface area contributed by atoms with E-state index in [0.29, 0.717) is 16.6 Å². The molecule has 0 spiro atoms. The molecule has 2 aromatic carbocycles. The topological polar surface area (TPSA) is 75.3 Å². The van der Waals surface area contributed by atoms with Crippen LogP contribution in [0.15, 0.2) is 47.4 Å². The maximum atomic E-state index is 12.3. The molecule has 8 heteroatoms. The smallest absolute Gasteiger partial charge is 0.251 e. The Kier molecular flexibility index (Phi) is 5.34. The Morgan fingerprint density at radius 3 is 2.32 bits per heavy atom. The molecular formula is C17H16Cl2N2O3S. The van der Waals surface area contributed by atoms with Gasteiger partial charge in [0.05, 0.1) is 14.9 Å². The average Bonchev–Trinajstić information content (AvgIpc) is 3.40. The van der Waals surface area contributed by atoms with E-state index >= 15 is 0 Å². The first-order chi connectivity index (χ1) is 11.8. The fraction of sp³-hybridized carbons (Fsp3) is 0.235. The Hall–Kier alpha value is -1.60. The highest BCUT2D eigenvalue weighted by molar-refractivity contribution is 7.89. The minimum Gasteiger partial charge on any atom is -0.349 e. The highest BCUT2D eigenvalue weighted by Crippen LogP contribution is 2.25. The van der Waals surface area contributed by atoms with Gasteiger partial charge in [0.2, 0.25) is 10.0 Å². The van der Waals surface area contributed by atoms with E-state index in [1.807, 2.05) is 0 Å². The fourth-order valence-electron chi connectivity index (χ4n) is 2.18. The number of hydrogen-bond donors (Lipinski definition) is 2. The molecule has 0 bridgehead atoms. The van der Waals surface area contributed by atoms with Gasteiger partial charge in [0.25, 0.3) is 5.91 Å². The molecule has 1 aliphatic carbocycles. The van der Waals surface area contributed by atoms with Crippen LogP contribution in [0.1, 0.15) is 28.8 Å². The van der Waals surface area contributed by atoms with Crippen molar-refractivity contribution in [1.29, 1.82) is 0 Å². The number of rotatable bonds is 6. The quantitative estimate of drug-likeness (QED) is 0.782. The summed E-state index contributed by atoms with van der Waals surface area (Å²) in [6, 6.07) is 11.2. The van der Waals surface area contributed by atoms with Crippen LogP contribution >= 0.6 is 23.2 Å². The van der Waals surface area contributed by atoms with Crippen LogP contribution in [0.4, 0.5) is 0 Å². The molecule has 25 heavy (non-hydrogen) atoms. The van der Waals surface area contributed by atoms with Gasteiger partial charge in [-0.3, -0.25) is 4.79 Å². The number of nitrogens with one attached hydrogen (secondary N) is 2. The third kappa shape index (κ3) is 4.73. The van der Waals surface area contributed by atoms with E-state index in [-0.39, 0.29) is 22.4 Å². The van der Waals surface area contributed by atoms with Crippen LogP contribution in [0.25, 0.3) is 0 Å². The molecule has 1 fully saturated rings. The monoisotopic (exact) mass is 398 g/mol. The molecule has 2 N–H and O–H groups in total. The minimum absolute atomic E-state index is 0.0438. The summed E-state index contributed by atoms with van der Waals surface area (Å²) in [5, 5.41) is 3.37. The van der Waals surface area contributed by atoms with E-state index in [2.05, 4.69) is 10.0 Å². The van der Waals surface area contributed by atoms with E-state index < -0.39 is 10.0 Å². The number of halogens is 2. The van der Waals surface area contributed by atoms with Gasteiger partial charge in [0.15, 0.2) is 0 Å². The van der Waals surface area contributed by atoms with Crippen LogP contribution in [0.2, 0.25) is 10.0 Å². The second-order valence-corrected chi connectivity index (χ2v) is 8.43. The Bertz CT molecular complexity index is 895. The third-order valence-corrected chi connectivity index (χ3v) is 5.93. The second kappa shape index (κ2) is 7.33. The minimum atomic E-state index is -3.70. The van der Waals surface area contributed by atoms with E-state index in [4.69, 9.17) is 23.2 Å². The predicted molar refractivity (Wildman–Crippen MR) is 97.4 cm³/mol. The van der Waals surface area contributed by atoms with Gasteiger partial charge in [-0.2, -0.15) is 0 Å². The third-order valence-electron chi connectivity index (χ3n) is 3.80. The first-order valence-corrected chi connectivity index (χ1v) is 9.93. The Labute approximate surface area is 156 Å². The summed E-state index contributed by atoms with van der Waals surface area (Å²) in [4.78, 5) is 12.0. The van der Waals surface area contributed by atoms with Crippen molar-refractivity contribution in [3.8, 4) is 0 Å². The summed E-state index contributed by atoms with van der Waals surface area (Å²) < 4.78 is 27.1.